The predicted octanol–water partition coefficient (Wildman–Crippen LogP) is 3.61. The summed E-state index contributed by atoms with van der Waals surface area (Å²) in [5.41, 5.74) is 7.51. The molecular formula is C14H16FNS. The minimum absolute atomic E-state index is 0.184. The number of rotatable bonds is 3. The first-order valence-electron chi connectivity index (χ1n) is 5.57. The molecule has 0 aliphatic rings. The minimum atomic E-state index is -0.521. The van der Waals surface area contributed by atoms with Crippen LogP contribution in [-0.2, 0) is 12.0 Å². The van der Waals surface area contributed by atoms with Gasteiger partial charge in [-0.3, -0.25) is 0 Å². The molecule has 0 fully saturated rings. The minimum Gasteiger partial charge on any atom is -0.321 e. The molecule has 1 aromatic carbocycles. The average Bonchev–Trinajstić information content (AvgIpc) is 2.69. The van der Waals surface area contributed by atoms with Gasteiger partial charge in [0.25, 0.3) is 0 Å². The highest BCUT2D eigenvalue weighted by Crippen LogP contribution is 2.27. The highest BCUT2D eigenvalue weighted by molar-refractivity contribution is 7.10. The van der Waals surface area contributed by atoms with Gasteiger partial charge in [0, 0.05) is 10.4 Å². The molecule has 1 atom stereocenters. The summed E-state index contributed by atoms with van der Waals surface area (Å²) in [5, 5.41) is 2.05. The highest BCUT2D eigenvalue weighted by Gasteiger charge is 2.23. The monoisotopic (exact) mass is 249 g/mol. The SMILES string of the molecule is Cc1cc(C(C)(N)Cc2ccccc2F)cs1. The molecule has 0 spiro atoms. The Hall–Kier alpha value is -1.19. The highest BCUT2D eigenvalue weighted by atomic mass is 32.1. The van der Waals surface area contributed by atoms with Gasteiger partial charge in [0.2, 0.25) is 0 Å². The quantitative estimate of drug-likeness (QED) is 0.883. The van der Waals surface area contributed by atoms with Gasteiger partial charge >= 0.3 is 0 Å². The summed E-state index contributed by atoms with van der Waals surface area (Å²) in [7, 11) is 0. The van der Waals surface area contributed by atoms with Crippen molar-refractivity contribution in [1.29, 1.82) is 0 Å². The Bertz CT molecular complexity index is 516. The van der Waals surface area contributed by atoms with Crippen molar-refractivity contribution in [2.45, 2.75) is 25.8 Å². The van der Waals surface area contributed by atoms with Gasteiger partial charge in [-0.25, -0.2) is 4.39 Å². The molecule has 0 aliphatic heterocycles. The zero-order chi connectivity index (χ0) is 12.5. The largest absolute Gasteiger partial charge is 0.321 e. The molecule has 1 nitrogen and oxygen atoms in total. The maximum atomic E-state index is 13.6. The summed E-state index contributed by atoms with van der Waals surface area (Å²) in [6, 6.07) is 8.88. The molecule has 1 unspecified atom stereocenters. The molecule has 0 aliphatic carbocycles. The van der Waals surface area contributed by atoms with Crippen LogP contribution < -0.4 is 5.73 Å². The summed E-state index contributed by atoms with van der Waals surface area (Å²) in [6.45, 7) is 3.99. The van der Waals surface area contributed by atoms with Crippen LogP contribution in [0.5, 0.6) is 0 Å². The third-order valence-corrected chi connectivity index (χ3v) is 3.77. The molecule has 0 bridgehead atoms. The smallest absolute Gasteiger partial charge is 0.126 e. The summed E-state index contributed by atoms with van der Waals surface area (Å²) in [5.74, 6) is -0.184. The van der Waals surface area contributed by atoms with E-state index >= 15 is 0 Å². The molecule has 17 heavy (non-hydrogen) atoms. The molecule has 2 rings (SSSR count). The van der Waals surface area contributed by atoms with E-state index in [1.807, 2.05) is 19.9 Å². The van der Waals surface area contributed by atoms with Crippen LogP contribution in [0.4, 0.5) is 4.39 Å². The zero-order valence-corrected chi connectivity index (χ0v) is 10.9. The van der Waals surface area contributed by atoms with E-state index in [1.165, 1.54) is 10.9 Å². The molecule has 2 N–H and O–H groups in total. The fourth-order valence-electron chi connectivity index (χ4n) is 1.88. The van der Waals surface area contributed by atoms with Gasteiger partial charge in [0.05, 0.1) is 0 Å². The Kier molecular flexibility index (Phi) is 3.31. The lowest BCUT2D eigenvalue weighted by molar-refractivity contribution is 0.476. The number of nitrogens with two attached hydrogens (primary N) is 1. The van der Waals surface area contributed by atoms with E-state index in [0.29, 0.717) is 12.0 Å². The third kappa shape index (κ3) is 2.73. The van der Waals surface area contributed by atoms with E-state index in [-0.39, 0.29) is 5.82 Å². The van der Waals surface area contributed by atoms with Crippen LogP contribution in [0, 0.1) is 12.7 Å². The first-order chi connectivity index (χ1) is 7.99. The van der Waals surface area contributed by atoms with Gasteiger partial charge in [-0.05, 0) is 48.9 Å². The third-order valence-electron chi connectivity index (χ3n) is 2.91. The van der Waals surface area contributed by atoms with Crippen molar-refractivity contribution >= 4 is 11.3 Å². The van der Waals surface area contributed by atoms with Crippen molar-refractivity contribution in [3.63, 3.8) is 0 Å². The van der Waals surface area contributed by atoms with Crippen molar-refractivity contribution in [3.8, 4) is 0 Å². The lowest BCUT2D eigenvalue weighted by atomic mass is 9.88. The summed E-state index contributed by atoms with van der Waals surface area (Å²) in [6.07, 6.45) is 0.510. The number of aryl methyl sites for hydroxylation is 1. The van der Waals surface area contributed by atoms with Crippen LogP contribution in [-0.4, -0.2) is 0 Å². The lowest BCUT2D eigenvalue weighted by Crippen LogP contribution is -2.35. The molecule has 0 amide bonds. The first kappa shape index (κ1) is 12.3. The van der Waals surface area contributed by atoms with Gasteiger partial charge in [-0.1, -0.05) is 18.2 Å². The Morgan fingerprint density at radius 3 is 2.65 bits per heavy atom. The van der Waals surface area contributed by atoms with E-state index in [9.17, 15) is 4.39 Å². The predicted molar refractivity (Wildman–Crippen MR) is 70.7 cm³/mol. The zero-order valence-electron chi connectivity index (χ0n) is 10.0. The van der Waals surface area contributed by atoms with Crippen LogP contribution in [0.3, 0.4) is 0 Å². The maximum absolute atomic E-state index is 13.6. The fourth-order valence-corrected chi connectivity index (χ4v) is 2.73. The second kappa shape index (κ2) is 4.59. The van der Waals surface area contributed by atoms with Gasteiger partial charge < -0.3 is 5.73 Å². The molecule has 90 valence electrons. The van der Waals surface area contributed by atoms with Crippen LogP contribution >= 0.6 is 11.3 Å². The summed E-state index contributed by atoms with van der Waals surface area (Å²) < 4.78 is 13.6. The van der Waals surface area contributed by atoms with Crippen LogP contribution in [0.15, 0.2) is 35.7 Å². The van der Waals surface area contributed by atoms with Gasteiger partial charge in [-0.2, -0.15) is 0 Å². The van der Waals surface area contributed by atoms with Gasteiger partial charge in [0.1, 0.15) is 5.82 Å². The Labute approximate surface area is 105 Å². The number of thiophene rings is 1. The lowest BCUT2D eigenvalue weighted by Gasteiger charge is -2.24. The van der Waals surface area contributed by atoms with Crippen LogP contribution in [0.1, 0.15) is 22.9 Å². The first-order valence-corrected chi connectivity index (χ1v) is 6.45. The molecule has 0 saturated carbocycles. The normalized spacial score (nSPS) is 14.6. The van der Waals surface area contributed by atoms with Crippen molar-refractivity contribution < 1.29 is 4.39 Å². The Morgan fingerprint density at radius 2 is 2.06 bits per heavy atom. The second-order valence-electron chi connectivity index (χ2n) is 4.63. The Balaban J connectivity index is 2.26. The Morgan fingerprint density at radius 1 is 1.35 bits per heavy atom. The topological polar surface area (TPSA) is 26.0 Å². The number of hydrogen-bond donors (Lipinski definition) is 1. The van der Waals surface area contributed by atoms with Gasteiger partial charge in [0.15, 0.2) is 0 Å². The van der Waals surface area contributed by atoms with E-state index < -0.39 is 5.54 Å². The molecule has 1 aromatic heterocycles. The molecule has 3 heteroatoms. The van der Waals surface area contributed by atoms with Crippen molar-refractivity contribution in [2.75, 3.05) is 0 Å². The molecular weight excluding hydrogens is 233 g/mol. The summed E-state index contributed by atoms with van der Waals surface area (Å²) >= 11 is 1.67. The fraction of sp³-hybridized carbons (Fsp3) is 0.286. The number of halogens is 1. The van der Waals surface area contributed by atoms with E-state index in [1.54, 1.807) is 23.5 Å². The molecule has 0 saturated heterocycles. The van der Waals surface area contributed by atoms with E-state index in [0.717, 1.165) is 5.56 Å². The molecule has 1 heterocycles. The summed E-state index contributed by atoms with van der Waals surface area (Å²) in [4.78, 5) is 1.23. The van der Waals surface area contributed by atoms with Crippen molar-refractivity contribution in [3.05, 3.63) is 57.5 Å². The van der Waals surface area contributed by atoms with E-state index in [2.05, 4.69) is 11.4 Å². The number of benzene rings is 1. The molecule has 2 aromatic rings. The van der Waals surface area contributed by atoms with E-state index in [4.69, 9.17) is 5.73 Å². The van der Waals surface area contributed by atoms with Crippen LogP contribution in [0.25, 0.3) is 0 Å². The van der Waals surface area contributed by atoms with Gasteiger partial charge in [-0.15, -0.1) is 11.3 Å². The average molecular weight is 249 g/mol. The number of hydrogen-bond acceptors (Lipinski definition) is 2. The van der Waals surface area contributed by atoms with Crippen molar-refractivity contribution in [1.82, 2.24) is 0 Å². The van der Waals surface area contributed by atoms with Crippen molar-refractivity contribution in [2.24, 2.45) is 5.73 Å². The standard InChI is InChI=1S/C14H16FNS/c1-10-7-12(9-17-10)14(2,16)8-11-5-3-4-6-13(11)15/h3-7,9H,8,16H2,1-2H3. The second-order valence-corrected chi connectivity index (χ2v) is 5.75. The van der Waals surface area contributed by atoms with Crippen LogP contribution in [0.2, 0.25) is 0 Å². The maximum Gasteiger partial charge on any atom is 0.126 e. The molecule has 0 radical (unpaired) electrons.